The Kier molecular flexibility index (Phi) is 6.22. The number of epoxide rings is 1. The van der Waals surface area contributed by atoms with Gasteiger partial charge in [0.2, 0.25) is 0 Å². The molecule has 0 radical (unpaired) electrons. The maximum atomic E-state index is 5.94. The Morgan fingerprint density at radius 1 is 0.694 bits per heavy atom. The summed E-state index contributed by atoms with van der Waals surface area (Å²) >= 11 is 0. The van der Waals surface area contributed by atoms with Gasteiger partial charge in [0, 0.05) is 6.61 Å². The van der Waals surface area contributed by atoms with E-state index >= 15 is 0 Å². The third-order valence-corrected chi connectivity index (χ3v) is 7.07. The zero-order chi connectivity index (χ0) is 24.4. The molecule has 1 unspecified atom stereocenters. The van der Waals surface area contributed by atoms with E-state index in [2.05, 4.69) is 97.1 Å². The Labute approximate surface area is 212 Å². The van der Waals surface area contributed by atoms with Gasteiger partial charge in [-0.3, -0.25) is 0 Å². The molecular formula is C32H30O4. The van der Waals surface area contributed by atoms with Crippen LogP contribution in [0.5, 0.6) is 11.5 Å². The fraction of sp³-hybridized carbons (Fsp3) is 0.250. The fourth-order valence-electron chi connectivity index (χ4n) is 5.34. The summed E-state index contributed by atoms with van der Waals surface area (Å²) in [6.07, 6.45) is 0.235. The van der Waals surface area contributed by atoms with Crippen LogP contribution >= 0.6 is 0 Å². The molecular weight excluding hydrogens is 448 g/mol. The van der Waals surface area contributed by atoms with Gasteiger partial charge in [-0.25, -0.2) is 0 Å². The van der Waals surface area contributed by atoms with Crippen LogP contribution in [0.4, 0.5) is 0 Å². The molecule has 0 saturated carbocycles. The summed E-state index contributed by atoms with van der Waals surface area (Å²) in [4.78, 5) is 0. The Bertz CT molecular complexity index is 1280. The van der Waals surface area contributed by atoms with Crippen LogP contribution in [-0.2, 0) is 14.9 Å². The molecule has 1 fully saturated rings. The Hall–Kier alpha value is -3.60. The summed E-state index contributed by atoms with van der Waals surface area (Å²) in [6, 6.07) is 34.6. The molecule has 1 heterocycles. The van der Waals surface area contributed by atoms with Gasteiger partial charge >= 0.3 is 0 Å². The van der Waals surface area contributed by atoms with Crippen molar-refractivity contribution < 1.29 is 18.9 Å². The first-order valence-electron chi connectivity index (χ1n) is 12.7. The van der Waals surface area contributed by atoms with E-state index in [-0.39, 0.29) is 6.10 Å². The van der Waals surface area contributed by atoms with E-state index in [4.69, 9.17) is 18.9 Å². The van der Waals surface area contributed by atoms with E-state index in [0.29, 0.717) is 26.4 Å². The summed E-state index contributed by atoms with van der Waals surface area (Å²) in [5, 5.41) is 0. The topological polar surface area (TPSA) is 40.2 Å². The van der Waals surface area contributed by atoms with E-state index in [0.717, 1.165) is 18.1 Å². The van der Waals surface area contributed by atoms with Crippen LogP contribution in [0.3, 0.4) is 0 Å². The molecule has 1 aliphatic carbocycles. The second kappa shape index (κ2) is 9.81. The smallest absolute Gasteiger partial charge is 0.119 e. The van der Waals surface area contributed by atoms with E-state index in [1.807, 2.05) is 6.92 Å². The van der Waals surface area contributed by atoms with Crippen LogP contribution < -0.4 is 9.47 Å². The van der Waals surface area contributed by atoms with Crippen LogP contribution in [0.15, 0.2) is 97.1 Å². The van der Waals surface area contributed by atoms with Crippen LogP contribution in [0.2, 0.25) is 0 Å². The van der Waals surface area contributed by atoms with Gasteiger partial charge in [0.1, 0.15) is 30.8 Å². The summed E-state index contributed by atoms with van der Waals surface area (Å²) in [5.74, 6) is 1.71. The third-order valence-electron chi connectivity index (χ3n) is 7.07. The molecule has 0 N–H and O–H groups in total. The lowest BCUT2D eigenvalue weighted by Gasteiger charge is -2.34. The predicted octanol–water partition coefficient (Wildman–Crippen LogP) is 6.24. The lowest BCUT2D eigenvalue weighted by Crippen LogP contribution is -2.28. The second-order valence-electron chi connectivity index (χ2n) is 9.20. The van der Waals surface area contributed by atoms with Crippen molar-refractivity contribution in [3.8, 4) is 22.6 Å². The maximum Gasteiger partial charge on any atom is 0.119 e. The highest BCUT2D eigenvalue weighted by molar-refractivity contribution is 5.86. The van der Waals surface area contributed by atoms with Gasteiger partial charge in [-0.1, -0.05) is 72.8 Å². The van der Waals surface area contributed by atoms with Gasteiger partial charge in [-0.05, 0) is 64.6 Å². The number of hydrogen-bond acceptors (Lipinski definition) is 4. The minimum atomic E-state index is -0.435. The van der Waals surface area contributed by atoms with E-state index in [9.17, 15) is 0 Å². The normalized spacial score (nSPS) is 16.8. The van der Waals surface area contributed by atoms with Crippen molar-refractivity contribution in [1.29, 1.82) is 0 Å². The predicted molar refractivity (Wildman–Crippen MR) is 141 cm³/mol. The third kappa shape index (κ3) is 4.06. The van der Waals surface area contributed by atoms with E-state index in [1.54, 1.807) is 0 Å². The molecule has 4 heteroatoms. The number of rotatable bonds is 10. The van der Waals surface area contributed by atoms with Gasteiger partial charge in [-0.15, -0.1) is 0 Å². The molecule has 2 aliphatic rings. The van der Waals surface area contributed by atoms with Crippen LogP contribution in [0.1, 0.15) is 29.2 Å². The van der Waals surface area contributed by atoms with E-state index < -0.39 is 5.41 Å². The zero-order valence-electron chi connectivity index (χ0n) is 20.5. The molecule has 6 rings (SSSR count). The van der Waals surface area contributed by atoms with Crippen molar-refractivity contribution >= 4 is 0 Å². The van der Waals surface area contributed by atoms with E-state index in [1.165, 1.54) is 33.4 Å². The van der Waals surface area contributed by atoms with Crippen molar-refractivity contribution in [3.05, 3.63) is 119 Å². The largest absolute Gasteiger partial charge is 0.491 e. The highest BCUT2D eigenvalue weighted by atomic mass is 16.6. The van der Waals surface area contributed by atoms with Crippen LogP contribution in [0, 0.1) is 0 Å². The fourth-order valence-corrected chi connectivity index (χ4v) is 5.34. The molecule has 0 spiro atoms. The van der Waals surface area contributed by atoms with Crippen LogP contribution in [0.25, 0.3) is 11.1 Å². The molecule has 182 valence electrons. The van der Waals surface area contributed by atoms with Gasteiger partial charge < -0.3 is 18.9 Å². The van der Waals surface area contributed by atoms with Crippen molar-refractivity contribution in [3.63, 3.8) is 0 Å². The molecule has 0 bridgehead atoms. The summed E-state index contributed by atoms with van der Waals surface area (Å²) in [5.41, 5.74) is 7.10. The van der Waals surface area contributed by atoms with Crippen molar-refractivity contribution in [2.75, 3.05) is 33.0 Å². The first-order chi connectivity index (χ1) is 17.8. The Morgan fingerprint density at radius 2 is 1.22 bits per heavy atom. The second-order valence-corrected chi connectivity index (χ2v) is 9.20. The summed E-state index contributed by atoms with van der Waals surface area (Å²) in [7, 11) is 0. The lowest BCUT2D eigenvalue weighted by molar-refractivity contribution is 0.110. The minimum Gasteiger partial charge on any atom is -0.491 e. The average molecular weight is 479 g/mol. The number of hydrogen-bond donors (Lipinski definition) is 0. The molecule has 36 heavy (non-hydrogen) atoms. The molecule has 1 aliphatic heterocycles. The first kappa shape index (κ1) is 22.8. The highest BCUT2D eigenvalue weighted by Gasteiger charge is 2.45. The number of ether oxygens (including phenoxy) is 4. The molecule has 4 aromatic carbocycles. The molecule has 0 amide bonds. The quantitative estimate of drug-likeness (QED) is 0.176. The Morgan fingerprint density at radius 3 is 1.75 bits per heavy atom. The summed E-state index contributed by atoms with van der Waals surface area (Å²) < 4.78 is 22.6. The lowest BCUT2D eigenvalue weighted by atomic mass is 9.68. The number of fused-ring (bicyclic) bond motifs is 3. The first-order valence-corrected chi connectivity index (χ1v) is 12.7. The molecule has 4 aromatic rings. The Balaban J connectivity index is 1.44. The minimum absolute atomic E-state index is 0.235. The molecule has 4 nitrogen and oxygen atoms in total. The SMILES string of the molecule is CCOCCOc1ccc(C2(c3ccc(OCC4CO4)cc3)c3ccccc3-c3ccccc32)cc1. The van der Waals surface area contributed by atoms with Crippen LogP contribution in [-0.4, -0.2) is 39.1 Å². The van der Waals surface area contributed by atoms with Crippen molar-refractivity contribution in [2.24, 2.45) is 0 Å². The monoisotopic (exact) mass is 478 g/mol. The van der Waals surface area contributed by atoms with Gasteiger partial charge in [-0.2, -0.15) is 0 Å². The highest BCUT2D eigenvalue weighted by Crippen LogP contribution is 2.56. The average Bonchev–Trinajstić information content (AvgIpc) is 3.72. The maximum absolute atomic E-state index is 5.94. The zero-order valence-corrected chi connectivity index (χ0v) is 20.5. The van der Waals surface area contributed by atoms with Gasteiger partial charge in [0.05, 0.1) is 18.6 Å². The molecule has 1 atom stereocenters. The molecule has 1 saturated heterocycles. The molecule has 0 aromatic heterocycles. The number of benzene rings is 4. The standard InChI is InChI=1S/C32H30O4/c1-2-33-19-20-34-25-15-11-23(12-16-25)32(24-13-17-26(18-14-24)35-21-27-22-36-27)30-9-5-3-7-28(30)29-8-4-6-10-31(29)32/h3-18,27H,2,19-22H2,1H3. The van der Waals surface area contributed by atoms with Crippen molar-refractivity contribution in [1.82, 2.24) is 0 Å². The van der Waals surface area contributed by atoms with Gasteiger partial charge in [0.25, 0.3) is 0 Å². The van der Waals surface area contributed by atoms with Gasteiger partial charge in [0.15, 0.2) is 0 Å². The summed E-state index contributed by atoms with van der Waals surface area (Å²) in [6.45, 7) is 5.20. The van der Waals surface area contributed by atoms with Crippen molar-refractivity contribution in [2.45, 2.75) is 18.4 Å².